The monoisotopic (exact) mass is 556 g/mol. The van der Waals surface area contributed by atoms with Gasteiger partial charge in [0.2, 0.25) is 6.43 Å². The largest absolute Gasteiger partial charge is 0.390 e. The van der Waals surface area contributed by atoms with E-state index >= 15 is 0 Å². The van der Waals surface area contributed by atoms with Crippen molar-refractivity contribution in [1.29, 1.82) is 0 Å². The molecule has 0 aromatic heterocycles. The Morgan fingerprint density at radius 2 is 1.05 bits per heavy atom. The molecule has 0 amide bonds. The third-order valence-corrected chi connectivity index (χ3v) is 4.38. The minimum Gasteiger partial charge on any atom is -0.390 e. The van der Waals surface area contributed by atoms with Gasteiger partial charge in [0.05, 0.1) is 13.2 Å². The van der Waals surface area contributed by atoms with E-state index in [1.165, 1.54) is 6.42 Å². The van der Waals surface area contributed by atoms with Crippen LogP contribution in [0.5, 0.6) is 0 Å². The summed E-state index contributed by atoms with van der Waals surface area (Å²) in [4.78, 5) is 0. The summed E-state index contributed by atoms with van der Waals surface area (Å²) in [5.74, 6) is -2.92. The molecule has 1 N–H and O–H groups in total. The molecule has 0 radical (unpaired) electrons. The Bertz CT molecular complexity index is 549. The normalized spacial score (nSPS) is 16.4. The van der Waals surface area contributed by atoms with Gasteiger partial charge in [0, 0.05) is 24.7 Å². The molecule has 2 nitrogen and oxygen atoms in total. The van der Waals surface area contributed by atoms with Crippen molar-refractivity contribution in [3.8, 4) is 0 Å². The lowest BCUT2D eigenvalue weighted by Crippen LogP contribution is -2.42. The van der Waals surface area contributed by atoms with Crippen LogP contribution < -0.4 is 0 Å². The maximum Gasteiger partial charge on any atom is 0.389 e. The molecule has 1 fully saturated rings. The number of rotatable bonds is 4. The molecule has 0 atom stereocenters. The van der Waals surface area contributed by atoms with Gasteiger partial charge in [0.15, 0.2) is 0 Å². The van der Waals surface area contributed by atoms with Gasteiger partial charge in [-0.05, 0) is 28.1 Å². The highest BCUT2D eigenvalue weighted by atomic mass is 19.4. The smallest absolute Gasteiger partial charge is 0.389 e. The second kappa shape index (κ2) is 15.3. The summed E-state index contributed by atoms with van der Waals surface area (Å²) in [6, 6.07) is 0. The molecular weight excluding hydrogens is 501 g/mol. The number of ether oxygens (including phenoxy) is 1. The molecular formula is C28H55F7O2. The van der Waals surface area contributed by atoms with Gasteiger partial charge in [-0.3, -0.25) is 0 Å². The number of hydrogen-bond donors (Lipinski definition) is 1. The average Bonchev–Trinajstić information content (AvgIpc) is 2.45. The highest BCUT2D eigenvalue weighted by Crippen LogP contribution is 2.38. The summed E-state index contributed by atoms with van der Waals surface area (Å²) in [5.41, 5.74) is -0.352. The molecule has 1 saturated heterocycles. The molecule has 1 heterocycles. The Kier molecular flexibility index (Phi) is 16.9. The van der Waals surface area contributed by atoms with Gasteiger partial charge in [-0.15, -0.1) is 0 Å². The summed E-state index contributed by atoms with van der Waals surface area (Å²) >= 11 is 0. The third-order valence-electron chi connectivity index (χ3n) is 4.38. The van der Waals surface area contributed by atoms with Crippen molar-refractivity contribution < 1.29 is 40.6 Å². The topological polar surface area (TPSA) is 29.5 Å². The minimum atomic E-state index is -4.02. The van der Waals surface area contributed by atoms with Crippen molar-refractivity contribution in [3.05, 3.63) is 0 Å². The first-order valence-corrected chi connectivity index (χ1v) is 12.7. The predicted octanol–water partition coefficient (Wildman–Crippen LogP) is 10.2. The van der Waals surface area contributed by atoms with Gasteiger partial charge in [0.1, 0.15) is 6.61 Å². The maximum absolute atomic E-state index is 12.4. The van der Waals surface area contributed by atoms with Gasteiger partial charge >= 0.3 is 6.18 Å². The van der Waals surface area contributed by atoms with E-state index in [0.29, 0.717) is 10.8 Å². The molecule has 0 aliphatic carbocycles. The first-order valence-electron chi connectivity index (χ1n) is 12.7. The number of alkyl halides is 7. The van der Waals surface area contributed by atoms with Crippen LogP contribution in [0, 0.1) is 27.1 Å². The highest BCUT2D eigenvalue weighted by Gasteiger charge is 2.37. The van der Waals surface area contributed by atoms with E-state index in [9.17, 15) is 30.7 Å². The number of hydrogen-bond acceptors (Lipinski definition) is 2. The lowest BCUT2D eigenvalue weighted by molar-refractivity contribution is -0.152. The Morgan fingerprint density at radius 1 is 0.676 bits per heavy atom. The molecule has 0 bridgehead atoms. The van der Waals surface area contributed by atoms with Gasteiger partial charge < -0.3 is 9.84 Å². The van der Waals surface area contributed by atoms with E-state index in [1.807, 2.05) is 0 Å². The maximum atomic E-state index is 12.4. The quantitative estimate of drug-likeness (QED) is 0.349. The van der Waals surface area contributed by atoms with Crippen molar-refractivity contribution in [1.82, 2.24) is 0 Å². The van der Waals surface area contributed by atoms with Crippen molar-refractivity contribution in [2.75, 3.05) is 19.8 Å². The van der Waals surface area contributed by atoms with Crippen LogP contribution >= 0.6 is 0 Å². The van der Waals surface area contributed by atoms with E-state index in [-0.39, 0.29) is 18.3 Å². The van der Waals surface area contributed by atoms with Crippen LogP contribution in [0.25, 0.3) is 0 Å². The molecule has 9 heteroatoms. The molecule has 1 aliphatic rings. The summed E-state index contributed by atoms with van der Waals surface area (Å²) in [6.45, 7) is 25.3. The zero-order valence-electron chi connectivity index (χ0n) is 25.5. The molecule has 0 spiro atoms. The molecule has 1 rings (SSSR count). The summed E-state index contributed by atoms with van der Waals surface area (Å²) in [5, 5.41) is 8.21. The van der Waals surface area contributed by atoms with E-state index in [1.54, 1.807) is 62.3 Å². The first-order chi connectivity index (χ1) is 15.8. The first kappa shape index (κ1) is 40.9. The Hall–Kier alpha value is -0.570. The van der Waals surface area contributed by atoms with Crippen molar-refractivity contribution in [3.63, 3.8) is 0 Å². The summed E-state index contributed by atoms with van der Waals surface area (Å²) < 4.78 is 87.7. The Labute approximate surface area is 222 Å². The molecule has 0 aromatic rings. The second-order valence-electron chi connectivity index (χ2n) is 15.3. The van der Waals surface area contributed by atoms with Crippen LogP contribution in [0.15, 0.2) is 0 Å². The van der Waals surface area contributed by atoms with Gasteiger partial charge in [0.25, 0.3) is 5.92 Å². The van der Waals surface area contributed by atoms with Crippen LogP contribution in [-0.4, -0.2) is 43.5 Å². The fourth-order valence-corrected chi connectivity index (χ4v) is 3.73. The standard InChI is InChI=1S/C9H18O.C7H14F2O.C6H11F3.C6H12F2/c1-8(2,3)5-9(4)6-10-7-9;1-6(2,3)4-7(8,9)5-10;1-5(2,3)4-6(7,8)9;1-6(2,3)4-5(7)8/h5-7H2,1-4H3;10H,4-5H2,1-3H3;4H2,1-3H3;5H,4H2,1-3H3. The van der Waals surface area contributed by atoms with E-state index in [0.717, 1.165) is 13.2 Å². The van der Waals surface area contributed by atoms with Crippen molar-refractivity contribution in [2.24, 2.45) is 27.1 Å². The minimum absolute atomic E-state index is 0.00694. The molecule has 1 aliphatic heterocycles. The van der Waals surface area contributed by atoms with Crippen LogP contribution in [0.2, 0.25) is 0 Å². The highest BCUT2D eigenvalue weighted by molar-refractivity contribution is 4.85. The fraction of sp³-hybridized carbons (Fsp3) is 1.00. The van der Waals surface area contributed by atoms with Crippen LogP contribution in [0.1, 0.15) is 116 Å². The van der Waals surface area contributed by atoms with Crippen LogP contribution in [0.4, 0.5) is 30.7 Å². The number of aliphatic hydroxyl groups excluding tert-OH is 1. The van der Waals surface area contributed by atoms with Crippen molar-refractivity contribution >= 4 is 0 Å². The molecule has 228 valence electrons. The Balaban J connectivity index is -0.000000418. The zero-order chi connectivity index (χ0) is 30.7. The van der Waals surface area contributed by atoms with Crippen LogP contribution in [-0.2, 0) is 4.74 Å². The molecule has 0 saturated carbocycles. The summed E-state index contributed by atoms with van der Waals surface area (Å²) in [6.07, 6.45) is -5.88. The molecule has 0 unspecified atom stereocenters. The number of aliphatic hydroxyl groups is 1. The average molecular weight is 557 g/mol. The van der Waals surface area contributed by atoms with Gasteiger partial charge in [-0.1, -0.05) is 90.0 Å². The lowest BCUT2D eigenvalue weighted by Gasteiger charge is -2.42. The molecule has 37 heavy (non-hydrogen) atoms. The summed E-state index contributed by atoms with van der Waals surface area (Å²) in [7, 11) is 0. The SMILES string of the molecule is CC(C)(C)CC(F)(F)CO.CC(C)(C)CC(F)(F)F.CC(C)(C)CC(F)F.CC(C)(C)CC1(C)COC1. The van der Waals surface area contributed by atoms with E-state index < -0.39 is 42.4 Å². The fourth-order valence-electron chi connectivity index (χ4n) is 3.73. The van der Waals surface area contributed by atoms with E-state index in [2.05, 4.69) is 27.7 Å². The number of halogens is 7. The van der Waals surface area contributed by atoms with Crippen molar-refractivity contribution in [2.45, 2.75) is 134 Å². The predicted molar refractivity (Wildman–Crippen MR) is 139 cm³/mol. The van der Waals surface area contributed by atoms with Gasteiger partial charge in [-0.25, -0.2) is 17.6 Å². The molecule has 0 aromatic carbocycles. The zero-order valence-corrected chi connectivity index (χ0v) is 25.5. The van der Waals surface area contributed by atoms with E-state index in [4.69, 9.17) is 9.84 Å². The van der Waals surface area contributed by atoms with Gasteiger partial charge in [-0.2, -0.15) is 13.2 Å². The van der Waals surface area contributed by atoms with Crippen LogP contribution in [0.3, 0.4) is 0 Å². The lowest BCUT2D eigenvalue weighted by atomic mass is 9.74. The second-order valence-corrected chi connectivity index (χ2v) is 15.3. The Morgan fingerprint density at radius 3 is 1.11 bits per heavy atom. The third kappa shape index (κ3) is 35.4.